The number of esters is 1. The van der Waals surface area contributed by atoms with Gasteiger partial charge in [-0.05, 0) is 53.9 Å². The fourth-order valence-corrected chi connectivity index (χ4v) is 2.31. The number of carbonyl (C=O) groups excluding carboxylic acids is 1. The van der Waals surface area contributed by atoms with Crippen molar-refractivity contribution in [1.82, 2.24) is 5.32 Å². The Morgan fingerprint density at radius 2 is 1.90 bits per heavy atom. The van der Waals surface area contributed by atoms with Gasteiger partial charge in [0.15, 0.2) is 0 Å². The minimum atomic E-state index is -0.623. The monoisotopic (exact) mass is 303 g/mol. The van der Waals surface area contributed by atoms with Gasteiger partial charge >= 0.3 is 5.97 Å². The van der Waals surface area contributed by atoms with Crippen LogP contribution in [0.5, 0.6) is 0 Å². The van der Waals surface area contributed by atoms with Gasteiger partial charge in [-0.25, -0.2) is 0 Å². The normalized spacial score (nSPS) is 15.8. The van der Waals surface area contributed by atoms with Crippen LogP contribution in [-0.4, -0.2) is 50.6 Å². The molecule has 0 aromatic carbocycles. The molecule has 0 rings (SSSR count). The number of ether oxygens (including phenoxy) is 3. The highest BCUT2D eigenvalue weighted by molar-refractivity contribution is 5.80. The zero-order valence-corrected chi connectivity index (χ0v) is 14.5. The van der Waals surface area contributed by atoms with E-state index in [0.29, 0.717) is 19.8 Å². The van der Waals surface area contributed by atoms with E-state index in [1.54, 1.807) is 7.11 Å². The van der Waals surface area contributed by atoms with Gasteiger partial charge < -0.3 is 14.2 Å². The number of rotatable bonds is 12. The lowest BCUT2D eigenvalue weighted by Crippen LogP contribution is -2.53. The van der Waals surface area contributed by atoms with Gasteiger partial charge in [-0.1, -0.05) is 0 Å². The van der Waals surface area contributed by atoms with E-state index < -0.39 is 5.54 Å². The molecule has 2 atom stereocenters. The third-order valence-corrected chi connectivity index (χ3v) is 3.21. The Morgan fingerprint density at radius 1 is 1.24 bits per heavy atom. The lowest BCUT2D eigenvalue weighted by molar-refractivity contribution is -0.151. The van der Waals surface area contributed by atoms with Gasteiger partial charge in [-0.15, -0.1) is 0 Å². The lowest BCUT2D eigenvalue weighted by Gasteiger charge is -2.30. The van der Waals surface area contributed by atoms with Crippen molar-refractivity contribution in [1.29, 1.82) is 0 Å². The maximum absolute atomic E-state index is 12.1. The van der Waals surface area contributed by atoms with Gasteiger partial charge in [0.25, 0.3) is 0 Å². The maximum Gasteiger partial charge on any atom is 0.326 e. The van der Waals surface area contributed by atoms with E-state index in [9.17, 15) is 4.79 Å². The van der Waals surface area contributed by atoms with Crippen molar-refractivity contribution in [3.63, 3.8) is 0 Å². The van der Waals surface area contributed by atoms with Crippen molar-refractivity contribution in [2.24, 2.45) is 0 Å². The Morgan fingerprint density at radius 3 is 2.43 bits per heavy atom. The van der Waals surface area contributed by atoms with Gasteiger partial charge in [-0.2, -0.15) is 0 Å². The lowest BCUT2D eigenvalue weighted by atomic mass is 9.94. The summed E-state index contributed by atoms with van der Waals surface area (Å²) in [6.07, 6.45) is 2.68. The van der Waals surface area contributed by atoms with Crippen molar-refractivity contribution in [2.75, 3.05) is 26.9 Å². The van der Waals surface area contributed by atoms with Gasteiger partial charge in [0.05, 0.1) is 19.3 Å². The van der Waals surface area contributed by atoms with Crippen LogP contribution in [-0.2, 0) is 19.0 Å². The molecule has 2 unspecified atom stereocenters. The summed E-state index contributed by atoms with van der Waals surface area (Å²) in [5.41, 5.74) is -0.623. The molecule has 0 aliphatic heterocycles. The number of hydrogen-bond acceptors (Lipinski definition) is 5. The molecular weight excluding hydrogens is 270 g/mol. The van der Waals surface area contributed by atoms with Crippen LogP contribution in [0, 0.1) is 0 Å². The Labute approximate surface area is 129 Å². The zero-order valence-electron chi connectivity index (χ0n) is 14.5. The summed E-state index contributed by atoms with van der Waals surface area (Å²) < 4.78 is 15.8. The third-order valence-electron chi connectivity index (χ3n) is 3.21. The van der Waals surface area contributed by atoms with Crippen molar-refractivity contribution in [3.05, 3.63) is 0 Å². The third kappa shape index (κ3) is 9.06. The summed E-state index contributed by atoms with van der Waals surface area (Å²) in [6, 6.07) is 0.234. The Balaban J connectivity index is 4.16. The molecule has 0 radical (unpaired) electrons. The quantitative estimate of drug-likeness (QED) is 0.443. The van der Waals surface area contributed by atoms with Crippen LogP contribution < -0.4 is 5.32 Å². The van der Waals surface area contributed by atoms with E-state index >= 15 is 0 Å². The largest absolute Gasteiger partial charge is 0.465 e. The average molecular weight is 303 g/mol. The molecule has 0 fully saturated rings. The fourth-order valence-electron chi connectivity index (χ4n) is 2.31. The molecule has 5 nitrogen and oxygen atoms in total. The highest BCUT2D eigenvalue weighted by Gasteiger charge is 2.34. The second-order valence-electron chi connectivity index (χ2n) is 5.95. The maximum atomic E-state index is 12.1. The average Bonchev–Trinajstić information content (AvgIpc) is 2.38. The first-order valence-corrected chi connectivity index (χ1v) is 7.91. The summed E-state index contributed by atoms with van der Waals surface area (Å²) in [4.78, 5) is 12.1. The molecular formula is C16H33NO4. The summed E-state index contributed by atoms with van der Waals surface area (Å²) in [6.45, 7) is 11.5. The molecule has 0 aliphatic rings. The minimum Gasteiger partial charge on any atom is -0.465 e. The van der Waals surface area contributed by atoms with Crippen LogP contribution in [0.2, 0.25) is 0 Å². The second-order valence-corrected chi connectivity index (χ2v) is 5.95. The molecule has 5 heteroatoms. The van der Waals surface area contributed by atoms with Crippen LogP contribution in [0.3, 0.4) is 0 Å². The molecule has 0 aliphatic carbocycles. The fraction of sp³-hybridized carbons (Fsp3) is 0.938. The first-order valence-electron chi connectivity index (χ1n) is 7.91. The predicted octanol–water partition coefficient (Wildman–Crippen LogP) is 2.53. The molecule has 0 saturated heterocycles. The summed E-state index contributed by atoms with van der Waals surface area (Å²) in [5.74, 6) is -0.174. The number of hydrogen-bond donors (Lipinski definition) is 1. The molecule has 0 saturated carbocycles. The van der Waals surface area contributed by atoms with Crippen molar-refractivity contribution < 1.29 is 19.0 Å². The highest BCUT2D eigenvalue weighted by Crippen LogP contribution is 2.17. The molecule has 0 aromatic heterocycles. The topological polar surface area (TPSA) is 56.8 Å². The summed E-state index contributed by atoms with van der Waals surface area (Å²) in [7, 11) is 1.67. The first-order chi connectivity index (χ1) is 9.85. The molecule has 0 aromatic rings. The van der Waals surface area contributed by atoms with Crippen LogP contribution in [0.25, 0.3) is 0 Å². The smallest absolute Gasteiger partial charge is 0.326 e. The molecule has 1 N–H and O–H groups in total. The first kappa shape index (κ1) is 20.3. The summed E-state index contributed by atoms with van der Waals surface area (Å²) >= 11 is 0. The van der Waals surface area contributed by atoms with E-state index in [2.05, 4.69) is 5.32 Å². The number of unbranched alkanes of at least 4 members (excludes halogenated alkanes) is 1. The van der Waals surface area contributed by atoms with E-state index in [1.807, 2.05) is 34.6 Å². The van der Waals surface area contributed by atoms with Gasteiger partial charge in [0.1, 0.15) is 5.54 Å². The molecule has 21 heavy (non-hydrogen) atoms. The van der Waals surface area contributed by atoms with Crippen LogP contribution in [0.1, 0.15) is 53.9 Å². The predicted molar refractivity (Wildman–Crippen MR) is 84.5 cm³/mol. The Hall–Kier alpha value is -0.650. The molecule has 0 heterocycles. The van der Waals surface area contributed by atoms with E-state index in [0.717, 1.165) is 19.3 Å². The van der Waals surface area contributed by atoms with Crippen molar-refractivity contribution in [3.8, 4) is 0 Å². The SMILES string of the molecule is CCOC(=O)C(C)(CCCCOC(C)COC)NC(C)C. The van der Waals surface area contributed by atoms with E-state index in [1.165, 1.54) is 0 Å². The van der Waals surface area contributed by atoms with Gasteiger partial charge in [-0.3, -0.25) is 10.1 Å². The molecule has 0 amide bonds. The molecule has 126 valence electrons. The molecule has 0 spiro atoms. The van der Waals surface area contributed by atoms with Crippen molar-refractivity contribution >= 4 is 5.97 Å². The van der Waals surface area contributed by atoms with Crippen LogP contribution in [0.4, 0.5) is 0 Å². The Kier molecular flexibility index (Phi) is 10.6. The van der Waals surface area contributed by atoms with E-state index in [4.69, 9.17) is 14.2 Å². The Bertz CT molecular complexity index is 283. The minimum absolute atomic E-state index is 0.111. The highest BCUT2D eigenvalue weighted by atomic mass is 16.5. The summed E-state index contributed by atoms with van der Waals surface area (Å²) in [5, 5.41) is 3.33. The number of carbonyl (C=O) groups is 1. The number of nitrogens with one attached hydrogen (secondary N) is 1. The van der Waals surface area contributed by atoms with Crippen LogP contribution in [0.15, 0.2) is 0 Å². The van der Waals surface area contributed by atoms with Crippen molar-refractivity contribution in [2.45, 2.75) is 71.6 Å². The second kappa shape index (κ2) is 11.0. The molecule has 0 bridgehead atoms. The van der Waals surface area contributed by atoms with Gasteiger partial charge in [0.2, 0.25) is 0 Å². The standard InChI is InChI=1S/C16H33NO4/c1-7-20-15(18)16(5,17-13(2)3)10-8-9-11-21-14(4)12-19-6/h13-14,17H,7-12H2,1-6H3. The van der Waals surface area contributed by atoms with Gasteiger partial charge in [0, 0.05) is 19.8 Å². The van der Waals surface area contributed by atoms with Crippen LogP contribution >= 0.6 is 0 Å². The number of methoxy groups -OCH3 is 1. The van der Waals surface area contributed by atoms with E-state index in [-0.39, 0.29) is 18.1 Å². The zero-order chi connectivity index (χ0) is 16.3.